The lowest BCUT2D eigenvalue weighted by Gasteiger charge is -2.38. The number of anilines is 1. The molecule has 1 aromatic heterocycles. The Morgan fingerprint density at radius 2 is 1.85 bits per heavy atom. The van der Waals surface area contributed by atoms with E-state index < -0.39 is 0 Å². The Morgan fingerprint density at radius 3 is 2.59 bits per heavy atom. The molecule has 2 aromatic rings. The van der Waals surface area contributed by atoms with Gasteiger partial charge in [-0.05, 0) is 49.3 Å². The molecule has 0 radical (unpaired) electrons. The first-order valence-electron chi connectivity index (χ1n) is 12.5. The number of piperazine rings is 1. The molecular weight excluding hydrogens is 494 g/mol. The maximum Gasteiger partial charge on any atom is 0.231 e. The van der Waals surface area contributed by atoms with Gasteiger partial charge in [-0.2, -0.15) is 0 Å². The molecule has 8 heteroatoms. The summed E-state index contributed by atoms with van der Waals surface area (Å²) >= 11 is 3.52. The third-order valence-electron chi connectivity index (χ3n) is 7.55. The number of benzene rings is 1. The largest absolute Gasteiger partial charge is 0.381 e. The molecular formula is C26H34BrN5O2. The van der Waals surface area contributed by atoms with Crippen molar-refractivity contribution in [2.45, 2.75) is 50.5 Å². The minimum Gasteiger partial charge on any atom is -0.381 e. The van der Waals surface area contributed by atoms with Gasteiger partial charge in [-0.25, -0.2) is 9.97 Å². The minimum atomic E-state index is -0.189. The third-order valence-corrected chi connectivity index (χ3v) is 8.07. The van der Waals surface area contributed by atoms with Crippen molar-refractivity contribution in [2.24, 2.45) is 0 Å². The monoisotopic (exact) mass is 527 g/mol. The number of carbonyl (C=O) groups excluding carboxylic acids is 1. The summed E-state index contributed by atoms with van der Waals surface area (Å²) in [5.74, 6) is 1.60. The second-order valence-corrected chi connectivity index (χ2v) is 10.6. The van der Waals surface area contributed by atoms with Gasteiger partial charge in [0.1, 0.15) is 12.1 Å². The summed E-state index contributed by atoms with van der Waals surface area (Å²) in [7, 11) is 0. The van der Waals surface area contributed by atoms with Gasteiger partial charge in [0, 0.05) is 67.7 Å². The van der Waals surface area contributed by atoms with Gasteiger partial charge in [-0.3, -0.25) is 4.79 Å². The topological polar surface area (TPSA) is 70.6 Å². The fourth-order valence-electron chi connectivity index (χ4n) is 5.46. The van der Waals surface area contributed by atoms with Crippen LogP contribution in [-0.4, -0.2) is 72.8 Å². The highest BCUT2D eigenvalue weighted by Crippen LogP contribution is 2.37. The molecule has 0 spiro atoms. The van der Waals surface area contributed by atoms with E-state index in [0.29, 0.717) is 18.5 Å². The Hall–Kier alpha value is -2.03. The van der Waals surface area contributed by atoms with Crippen LogP contribution < -0.4 is 10.2 Å². The first kappa shape index (κ1) is 23.7. The van der Waals surface area contributed by atoms with Gasteiger partial charge in [-0.1, -0.05) is 35.0 Å². The lowest BCUT2D eigenvalue weighted by Crippen LogP contribution is -2.51. The molecule has 3 heterocycles. The number of nitrogens with zero attached hydrogens (tertiary/aromatic N) is 4. The van der Waals surface area contributed by atoms with E-state index in [0.717, 1.165) is 80.9 Å². The number of hydrogen-bond acceptors (Lipinski definition) is 6. The van der Waals surface area contributed by atoms with Gasteiger partial charge in [0.15, 0.2) is 0 Å². The fourth-order valence-corrected chi connectivity index (χ4v) is 5.73. The second kappa shape index (κ2) is 10.7. The summed E-state index contributed by atoms with van der Waals surface area (Å²) in [6.45, 7) is 7.57. The number of fused-ring (bicyclic) bond motifs is 1. The highest BCUT2D eigenvalue weighted by molar-refractivity contribution is 9.10. The van der Waals surface area contributed by atoms with E-state index in [1.165, 1.54) is 11.3 Å². The number of halogens is 1. The fraction of sp³-hybridized carbons (Fsp3) is 0.577. The molecule has 2 saturated heterocycles. The molecule has 1 aliphatic carbocycles. The summed E-state index contributed by atoms with van der Waals surface area (Å²) in [5.41, 5.74) is 3.58. The standard InChI is InChI=1S/C26H34BrN5O2/c1-18-2-7-23-24(18)25(30-17-29-23)31-10-12-32(13-11-31)26(33)22(19-3-5-20(27)6-4-19)16-28-21-8-14-34-15-9-21/h3-6,17-18,21-22,28H,2,7-16H2,1H3/t18-,22-/m1/s1. The highest BCUT2D eigenvalue weighted by atomic mass is 79.9. The van der Waals surface area contributed by atoms with Crippen molar-refractivity contribution in [3.05, 3.63) is 51.9 Å². The van der Waals surface area contributed by atoms with E-state index in [-0.39, 0.29) is 11.8 Å². The summed E-state index contributed by atoms with van der Waals surface area (Å²) in [6.07, 6.45) is 5.90. The number of hydrogen-bond donors (Lipinski definition) is 1. The number of rotatable bonds is 6. The van der Waals surface area contributed by atoms with Gasteiger partial charge >= 0.3 is 0 Å². The molecule has 5 rings (SSSR count). The molecule has 0 saturated carbocycles. The molecule has 2 aliphatic heterocycles. The van der Waals surface area contributed by atoms with E-state index in [4.69, 9.17) is 4.74 Å². The van der Waals surface area contributed by atoms with Crippen LogP contribution in [0.4, 0.5) is 5.82 Å². The van der Waals surface area contributed by atoms with Gasteiger partial charge in [0.05, 0.1) is 5.92 Å². The van der Waals surface area contributed by atoms with E-state index in [1.54, 1.807) is 6.33 Å². The third kappa shape index (κ3) is 5.14. The zero-order chi connectivity index (χ0) is 23.5. The number of amides is 1. The molecule has 7 nitrogen and oxygen atoms in total. The molecule has 182 valence electrons. The average molecular weight is 528 g/mol. The molecule has 1 N–H and O–H groups in total. The second-order valence-electron chi connectivity index (χ2n) is 9.71. The zero-order valence-corrected chi connectivity index (χ0v) is 21.5. The number of aryl methyl sites for hydroxylation is 1. The molecule has 2 atom stereocenters. The molecule has 0 bridgehead atoms. The summed E-state index contributed by atoms with van der Waals surface area (Å²) in [6, 6.07) is 8.61. The molecule has 2 fully saturated rings. The van der Waals surface area contributed by atoms with Crippen molar-refractivity contribution >= 4 is 27.7 Å². The van der Waals surface area contributed by atoms with Crippen LogP contribution in [0.25, 0.3) is 0 Å². The van der Waals surface area contributed by atoms with Crippen LogP contribution in [0.5, 0.6) is 0 Å². The van der Waals surface area contributed by atoms with E-state index in [9.17, 15) is 4.79 Å². The number of carbonyl (C=O) groups is 1. The van der Waals surface area contributed by atoms with Crippen molar-refractivity contribution in [3.8, 4) is 0 Å². The van der Waals surface area contributed by atoms with E-state index in [1.807, 2.05) is 17.0 Å². The summed E-state index contributed by atoms with van der Waals surface area (Å²) < 4.78 is 6.52. The first-order valence-corrected chi connectivity index (χ1v) is 13.3. The first-order chi connectivity index (χ1) is 16.6. The average Bonchev–Trinajstić information content (AvgIpc) is 3.27. The van der Waals surface area contributed by atoms with Gasteiger partial charge < -0.3 is 19.9 Å². The van der Waals surface area contributed by atoms with Crippen LogP contribution in [0.3, 0.4) is 0 Å². The predicted molar refractivity (Wildman–Crippen MR) is 136 cm³/mol. The quantitative estimate of drug-likeness (QED) is 0.619. The maximum absolute atomic E-state index is 13.7. The molecule has 34 heavy (non-hydrogen) atoms. The van der Waals surface area contributed by atoms with Crippen LogP contribution in [0.1, 0.15) is 54.8 Å². The predicted octanol–water partition coefficient (Wildman–Crippen LogP) is 3.49. The lowest BCUT2D eigenvalue weighted by atomic mass is 9.96. The number of nitrogens with one attached hydrogen (secondary N) is 1. The van der Waals surface area contributed by atoms with Crippen molar-refractivity contribution < 1.29 is 9.53 Å². The smallest absolute Gasteiger partial charge is 0.231 e. The minimum absolute atomic E-state index is 0.189. The van der Waals surface area contributed by atoms with Crippen LogP contribution in [0.15, 0.2) is 35.1 Å². The van der Waals surface area contributed by atoms with E-state index >= 15 is 0 Å². The van der Waals surface area contributed by atoms with Gasteiger partial charge in [0.2, 0.25) is 5.91 Å². The SMILES string of the molecule is C[C@@H]1CCc2ncnc(N3CCN(C(=O)[C@H](CNC4CCOCC4)c4ccc(Br)cc4)CC3)c21. The lowest BCUT2D eigenvalue weighted by molar-refractivity contribution is -0.133. The van der Waals surface area contributed by atoms with Gasteiger partial charge in [-0.15, -0.1) is 0 Å². The molecule has 0 unspecified atom stereocenters. The van der Waals surface area contributed by atoms with Crippen LogP contribution >= 0.6 is 15.9 Å². The van der Waals surface area contributed by atoms with Crippen molar-refractivity contribution in [1.29, 1.82) is 0 Å². The van der Waals surface area contributed by atoms with Gasteiger partial charge in [0.25, 0.3) is 0 Å². The van der Waals surface area contributed by atoms with Crippen LogP contribution in [-0.2, 0) is 16.0 Å². The molecule has 1 amide bonds. The normalized spacial score (nSPS) is 22.0. The Kier molecular flexibility index (Phi) is 7.46. The van der Waals surface area contributed by atoms with Crippen molar-refractivity contribution in [1.82, 2.24) is 20.2 Å². The number of ether oxygens (including phenoxy) is 1. The molecule has 3 aliphatic rings. The highest BCUT2D eigenvalue weighted by Gasteiger charge is 2.32. The molecule has 1 aromatic carbocycles. The summed E-state index contributed by atoms with van der Waals surface area (Å²) in [5, 5.41) is 3.66. The van der Waals surface area contributed by atoms with Crippen molar-refractivity contribution in [2.75, 3.05) is 50.8 Å². The zero-order valence-electron chi connectivity index (χ0n) is 19.9. The summed E-state index contributed by atoms with van der Waals surface area (Å²) in [4.78, 5) is 27.3. The van der Waals surface area contributed by atoms with Crippen LogP contribution in [0, 0.1) is 0 Å². The van der Waals surface area contributed by atoms with Crippen LogP contribution in [0.2, 0.25) is 0 Å². The Balaban J connectivity index is 1.27. The maximum atomic E-state index is 13.7. The van der Waals surface area contributed by atoms with Crippen molar-refractivity contribution in [3.63, 3.8) is 0 Å². The Bertz CT molecular complexity index is 987. The number of aromatic nitrogens is 2. The Labute approximate surface area is 210 Å². The Morgan fingerprint density at radius 1 is 1.12 bits per heavy atom. The van der Waals surface area contributed by atoms with E-state index in [2.05, 4.69) is 55.2 Å².